The number of rotatable bonds is 5. The van der Waals surface area contributed by atoms with E-state index >= 15 is 0 Å². The van der Waals surface area contributed by atoms with Crippen molar-refractivity contribution in [1.29, 1.82) is 0 Å². The van der Waals surface area contributed by atoms with E-state index in [4.69, 9.17) is 5.11 Å². The van der Waals surface area contributed by atoms with Crippen molar-refractivity contribution in [2.24, 2.45) is 5.92 Å². The minimum absolute atomic E-state index is 0.0233. The quantitative estimate of drug-likeness (QED) is 0.870. The summed E-state index contributed by atoms with van der Waals surface area (Å²) in [4.78, 5) is 0. The fraction of sp³-hybridized carbons (Fsp3) is 0.222. The molecule has 104 valence electrons. The van der Waals surface area contributed by atoms with E-state index in [2.05, 4.69) is 0 Å². The Morgan fingerprint density at radius 3 is 2.25 bits per heavy atom. The van der Waals surface area contributed by atoms with Crippen molar-refractivity contribution in [2.45, 2.75) is 19.6 Å². The van der Waals surface area contributed by atoms with Crippen LogP contribution in [0.4, 0.5) is 0 Å². The van der Waals surface area contributed by atoms with E-state index in [9.17, 15) is 5.11 Å². The van der Waals surface area contributed by atoms with Gasteiger partial charge in [0.25, 0.3) is 0 Å². The molecule has 0 radical (unpaired) electrons. The van der Waals surface area contributed by atoms with Crippen LogP contribution in [0.25, 0.3) is 6.08 Å². The van der Waals surface area contributed by atoms with Crippen LogP contribution in [-0.4, -0.2) is 10.2 Å². The molecule has 0 saturated carbocycles. The van der Waals surface area contributed by atoms with Crippen LogP contribution in [-0.2, 0) is 6.61 Å². The first-order valence-corrected chi connectivity index (χ1v) is 6.81. The lowest BCUT2D eigenvalue weighted by molar-refractivity contribution is 0.140. The molecule has 2 heteroatoms. The summed E-state index contributed by atoms with van der Waals surface area (Å²) < 4.78 is 0. The minimum atomic E-state index is -0.539. The lowest BCUT2D eigenvalue weighted by Crippen LogP contribution is -2.06. The molecular weight excluding hydrogens is 248 g/mol. The molecule has 20 heavy (non-hydrogen) atoms. The molecule has 0 aliphatic rings. The molecule has 2 nitrogen and oxygen atoms in total. The Balaban J connectivity index is 2.04. The van der Waals surface area contributed by atoms with Crippen LogP contribution in [0.2, 0.25) is 0 Å². The van der Waals surface area contributed by atoms with Crippen LogP contribution in [0.15, 0.2) is 60.7 Å². The SMILES string of the molecule is CC(/C=C/c1ccccc1)C(O)c1ccc(CO)cc1. The Labute approximate surface area is 120 Å². The summed E-state index contributed by atoms with van der Waals surface area (Å²) in [5, 5.41) is 19.3. The van der Waals surface area contributed by atoms with Gasteiger partial charge < -0.3 is 10.2 Å². The molecular formula is C18H20O2. The van der Waals surface area contributed by atoms with Gasteiger partial charge in [-0.25, -0.2) is 0 Å². The predicted molar refractivity (Wildman–Crippen MR) is 82.0 cm³/mol. The summed E-state index contributed by atoms with van der Waals surface area (Å²) in [6, 6.07) is 17.4. The highest BCUT2D eigenvalue weighted by Gasteiger charge is 2.13. The van der Waals surface area contributed by atoms with Crippen molar-refractivity contribution in [3.8, 4) is 0 Å². The Morgan fingerprint density at radius 2 is 1.65 bits per heavy atom. The second kappa shape index (κ2) is 7.04. The molecule has 2 unspecified atom stereocenters. The van der Waals surface area contributed by atoms with Gasteiger partial charge >= 0.3 is 0 Å². The summed E-state index contributed by atoms with van der Waals surface area (Å²) >= 11 is 0. The molecule has 0 aliphatic carbocycles. The van der Waals surface area contributed by atoms with Gasteiger partial charge in [-0.2, -0.15) is 0 Å². The maximum Gasteiger partial charge on any atom is 0.0850 e. The van der Waals surface area contributed by atoms with Gasteiger partial charge in [-0.3, -0.25) is 0 Å². The Morgan fingerprint density at radius 1 is 1.00 bits per heavy atom. The van der Waals surface area contributed by atoms with Crippen molar-refractivity contribution >= 4 is 6.08 Å². The number of aliphatic hydroxyl groups is 2. The molecule has 2 atom stereocenters. The summed E-state index contributed by atoms with van der Waals surface area (Å²) in [6.45, 7) is 2.02. The van der Waals surface area contributed by atoms with Crippen molar-refractivity contribution < 1.29 is 10.2 Å². The van der Waals surface area contributed by atoms with Crippen molar-refractivity contribution in [3.05, 3.63) is 77.4 Å². The molecule has 0 aromatic heterocycles. The van der Waals surface area contributed by atoms with Gasteiger partial charge in [0, 0.05) is 5.92 Å². The molecule has 2 rings (SSSR count). The minimum Gasteiger partial charge on any atom is -0.392 e. The Kier molecular flexibility index (Phi) is 5.10. The second-order valence-corrected chi connectivity index (χ2v) is 4.97. The van der Waals surface area contributed by atoms with E-state index in [1.807, 2.05) is 73.7 Å². The molecule has 2 aromatic rings. The van der Waals surface area contributed by atoms with E-state index in [1.54, 1.807) is 0 Å². The van der Waals surface area contributed by atoms with Gasteiger partial charge in [-0.1, -0.05) is 73.7 Å². The lowest BCUT2D eigenvalue weighted by atomic mass is 9.95. The first kappa shape index (κ1) is 14.5. The molecule has 0 saturated heterocycles. The molecule has 2 N–H and O–H groups in total. The van der Waals surface area contributed by atoms with Crippen LogP contribution in [0.1, 0.15) is 29.7 Å². The molecule has 0 amide bonds. The molecule has 2 aromatic carbocycles. The zero-order valence-electron chi connectivity index (χ0n) is 11.6. The zero-order valence-corrected chi connectivity index (χ0v) is 11.6. The monoisotopic (exact) mass is 268 g/mol. The number of hydrogen-bond acceptors (Lipinski definition) is 2. The molecule has 0 fully saturated rings. The van der Waals surface area contributed by atoms with Crippen LogP contribution < -0.4 is 0 Å². The fourth-order valence-electron chi connectivity index (χ4n) is 2.06. The third-order valence-electron chi connectivity index (χ3n) is 3.39. The largest absolute Gasteiger partial charge is 0.392 e. The van der Waals surface area contributed by atoms with Gasteiger partial charge in [0.05, 0.1) is 12.7 Å². The third-order valence-corrected chi connectivity index (χ3v) is 3.39. The molecule has 0 bridgehead atoms. The summed E-state index contributed by atoms with van der Waals surface area (Å²) in [6.07, 6.45) is 3.50. The summed E-state index contributed by atoms with van der Waals surface area (Å²) in [5.41, 5.74) is 2.85. The number of hydrogen-bond donors (Lipinski definition) is 2. The normalized spacial score (nSPS) is 14.3. The topological polar surface area (TPSA) is 40.5 Å². The van der Waals surface area contributed by atoms with Crippen molar-refractivity contribution in [3.63, 3.8) is 0 Å². The average Bonchev–Trinajstić information content (AvgIpc) is 2.53. The smallest absolute Gasteiger partial charge is 0.0850 e. The second-order valence-electron chi connectivity index (χ2n) is 4.97. The van der Waals surface area contributed by atoms with Crippen molar-refractivity contribution in [2.75, 3.05) is 0 Å². The summed E-state index contributed by atoms with van der Waals surface area (Å²) in [5.74, 6) is 0.0233. The Bertz CT molecular complexity index is 543. The van der Waals surface area contributed by atoms with Crippen molar-refractivity contribution in [1.82, 2.24) is 0 Å². The van der Waals surface area contributed by atoms with Gasteiger partial charge in [0.2, 0.25) is 0 Å². The highest BCUT2D eigenvalue weighted by Crippen LogP contribution is 2.23. The predicted octanol–water partition coefficient (Wildman–Crippen LogP) is 3.56. The number of benzene rings is 2. The molecule has 0 spiro atoms. The van der Waals surface area contributed by atoms with Crippen LogP contribution in [0, 0.1) is 5.92 Å². The van der Waals surface area contributed by atoms with E-state index < -0.39 is 6.10 Å². The Hall–Kier alpha value is -1.90. The van der Waals surface area contributed by atoms with Gasteiger partial charge in [0.15, 0.2) is 0 Å². The highest BCUT2D eigenvalue weighted by molar-refractivity contribution is 5.49. The standard InChI is InChI=1S/C18H20O2/c1-14(7-8-15-5-3-2-4-6-15)18(20)17-11-9-16(13-19)10-12-17/h2-12,14,18-20H,13H2,1H3/b8-7+. The van der Waals surface area contributed by atoms with Crippen LogP contribution in [0.3, 0.4) is 0 Å². The van der Waals surface area contributed by atoms with Gasteiger partial charge in [-0.15, -0.1) is 0 Å². The van der Waals surface area contributed by atoms with Gasteiger partial charge in [0.1, 0.15) is 0 Å². The maximum absolute atomic E-state index is 10.3. The molecule has 0 aliphatic heterocycles. The van der Waals surface area contributed by atoms with Gasteiger partial charge in [-0.05, 0) is 16.7 Å². The van der Waals surface area contributed by atoms with Crippen LogP contribution >= 0.6 is 0 Å². The fourth-order valence-corrected chi connectivity index (χ4v) is 2.06. The first-order chi connectivity index (χ1) is 9.70. The highest BCUT2D eigenvalue weighted by atomic mass is 16.3. The first-order valence-electron chi connectivity index (χ1n) is 6.81. The zero-order chi connectivity index (χ0) is 14.4. The third kappa shape index (κ3) is 3.80. The van der Waals surface area contributed by atoms with E-state index in [-0.39, 0.29) is 12.5 Å². The average molecular weight is 268 g/mol. The lowest BCUT2D eigenvalue weighted by Gasteiger charge is -2.16. The van der Waals surface area contributed by atoms with E-state index in [0.717, 1.165) is 16.7 Å². The number of aliphatic hydroxyl groups excluding tert-OH is 2. The molecule has 0 heterocycles. The van der Waals surface area contributed by atoms with Crippen LogP contribution in [0.5, 0.6) is 0 Å². The maximum atomic E-state index is 10.3. The van der Waals surface area contributed by atoms with E-state index in [1.165, 1.54) is 0 Å². The van der Waals surface area contributed by atoms with E-state index in [0.29, 0.717) is 0 Å². The summed E-state index contributed by atoms with van der Waals surface area (Å²) in [7, 11) is 0.